The molecule has 6 nitrogen and oxygen atoms in total. The van der Waals surface area contributed by atoms with E-state index in [1.54, 1.807) is 4.90 Å². The summed E-state index contributed by atoms with van der Waals surface area (Å²) in [6.07, 6.45) is -1.33. The van der Waals surface area contributed by atoms with Gasteiger partial charge in [-0.15, -0.1) is 0 Å². The minimum Gasteiger partial charge on any atom is -0.381 e. The Morgan fingerprint density at radius 1 is 1.12 bits per heavy atom. The van der Waals surface area contributed by atoms with Gasteiger partial charge in [-0.3, -0.25) is 4.79 Å². The van der Waals surface area contributed by atoms with Crippen molar-refractivity contribution < 1.29 is 27.5 Å². The van der Waals surface area contributed by atoms with Crippen LogP contribution >= 0.6 is 0 Å². The third-order valence-corrected chi connectivity index (χ3v) is 7.16. The van der Waals surface area contributed by atoms with Crippen LogP contribution in [0.5, 0.6) is 0 Å². The minimum absolute atomic E-state index is 0.230. The number of amides is 3. The lowest BCUT2D eigenvalue weighted by atomic mass is 9.85. The minimum atomic E-state index is -4.48. The normalized spacial score (nSPS) is 22.9. The molecule has 0 saturated carbocycles. The number of carbonyl (C=O) groups is 2. The van der Waals surface area contributed by atoms with E-state index in [1.807, 2.05) is 6.92 Å². The van der Waals surface area contributed by atoms with Crippen LogP contribution in [-0.2, 0) is 15.7 Å². The highest BCUT2D eigenvalue weighted by molar-refractivity contribution is 6.23. The first kappa shape index (κ1) is 23.0. The zero-order chi connectivity index (χ0) is 23.1. The Kier molecular flexibility index (Phi) is 6.24. The first-order valence-corrected chi connectivity index (χ1v) is 11.3. The number of hydrogen-bond donors (Lipinski definition) is 0. The number of rotatable bonds is 4. The number of benzene rings is 1. The van der Waals surface area contributed by atoms with E-state index >= 15 is 0 Å². The van der Waals surface area contributed by atoms with Crippen LogP contribution in [0.2, 0.25) is 0 Å². The summed E-state index contributed by atoms with van der Waals surface area (Å²) in [6.45, 7) is 7.70. The van der Waals surface area contributed by atoms with Gasteiger partial charge in [0.25, 0.3) is 5.91 Å². The van der Waals surface area contributed by atoms with Gasteiger partial charge in [0.2, 0.25) is 0 Å². The molecule has 0 unspecified atom stereocenters. The van der Waals surface area contributed by atoms with Gasteiger partial charge in [0.05, 0.1) is 11.3 Å². The molecule has 4 rings (SSSR count). The highest BCUT2D eigenvalue weighted by atomic mass is 19.4. The van der Waals surface area contributed by atoms with Crippen molar-refractivity contribution in [1.82, 2.24) is 9.80 Å². The van der Waals surface area contributed by atoms with Crippen LogP contribution in [-0.4, -0.2) is 66.7 Å². The van der Waals surface area contributed by atoms with Gasteiger partial charge in [-0.25, -0.2) is 9.69 Å². The van der Waals surface area contributed by atoms with E-state index < -0.39 is 23.3 Å². The molecule has 3 aliphatic heterocycles. The maximum atomic E-state index is 13.6. The number of nitrogens with zero attached hydrogens (tertiary/aromatic N) is 3. The molecule has 0 atom stereocenters. The second kappa shape index (κ2) is 8.67. The van der Waals surface area contributed by atoms with Crippen LogP contribution in [0, 0.1) is 12.8 Å². The molecule has 32 heavy (non-hydrogen) atoms. The zero-order valence-electron chi connectivity index (χ0n) is 18.6. The van der Waals surface area contributed by atoms with Crippen LogP contribution in [0.4, 0.5) is 23.7 Å². The van der Waals surface area contributed by atoms with Crippen LogP contribution in [0.1, 0.15) is 43.7 Å². The average Bonchev–Trinajstić information content (AvgIpc) is 2.96. The van der Waals surface area contributed by atoms with Gasteiger partial charge < -0.3 is 14.5 Å². The standard InChI is InChI=1S/C23H30F3N3O3/c1-3-28-21(31)29(19-5-4-18(14-16(19)2)23(24,25)26)20(30)22(28)8-10-27(11-9-22)15-17-6-12-32-13-7-17/h4-5,14,17H,3,6-13,15H2,1-2H3. The molecule has 0 N–H and O–H groups in total. The monoisotopic (exact) mass is 453 g/mol. The summed E-state index contributed by atoms with van der Waals surface area (Å²) >= 11 is 0. The first-order chi connectivity index (χ1) is 15.2. The predicted molar refractivity (Wildman–Crippen MR) is 113 cm³/mol. The number of urea groups is 1. The maximum Gasteiger partial charge on any atom is 0.416 e. The smallest absolute Gasteiger partial charge is 0.381 e. The number of alkyl halides is 3. The van der Waals surface area contributed by atoms with Crippen LogP contribution < -0.4 is 4.90 Å². The Bertz CT molecular complexity index is 875. The highest BCUT2D eigenvalue weighted by Gasteiger charge is 2.58. The molecule has 3 aliphatic rings. The summed E-state index contributed by atoms with van der Waals surface area (Å²) in [6, 6.07) is 2.72. The first-order valence-electron chi connectivity index (χ1n) is 11.3. The summed E-state index contributed by atoms with van der Waals surface area (Å²) in [5.74, 6) is 0.269. The Labute approximate surface area is 186 Å². The van der Waals surface area contributed by atoms with Crippen LogP contribution in [0.25, 0.3) is 0 Å². The second-order valence-corrected chi connectivity index (χ2v) is 9.05. The molecule has 1 spiro atoms. The maximum absolute atomic E-state index is 13.6. The van der Waals surface area contributed by atoms with E-state index in [0.717, 1.165) is 49.6 Å². The third kappa shape index (κ3) is 4.01. The molecule has 3 heterocycles. The molecule has 1 aromatic carbocycles. The summed E-state index contributed by atoms with van der Waals surface area (Å²) in [4.78, 5) is 31.9. The van der Waals surface area contributed by atoms with Gasteiger partial charge >= 0.3 is 12.2 Å². The van der Waals surface area contributed by atoms with Crippen molar-refractivity contribution in [2.75, 3.05) is 44.3 Å². The Morgan fingerprint density at radius 2 is 1.78 bits per heavy atom. The van der Waals surface area contributed by atoms with Crippen molar-refractivity contribution in [3.63, 3.8) is 0 Å². The fourth-order valence-corrected chi connectivity index (χ4v) is 5.33. The van der Waals surface area contributed by atoms with Crippen molar-refractivity contribution in [3.05, 3.63) is 29.3 Å². The number of likely N-dealkylation sites (tertiary alicyclic amines) is 1. The van der Waals surface area contributed by atoms with Crippen LogP contribution in [0.15, 0.2) is 18.2 Å². The predicted octanol–water partition coefficient (Wildman–Crippen LogP) is 4.06. The van der Waals surface area contributed by atoms with E-state index in [-0.39, 0.29) is 17.2 Å². The topological polar surface area (TPSA) is 53.1 Å². The molecule has 1 aromatic rings. The van der Waals surface area contributed by atoms with Crippen molar-refractivity contribution in [1.29, 1.82) is 0 Å². The molecule has 0 aliphatic carbocycles. The van der Waals surface area contributed by atoms with Crippen LogP contribution in [0.3, 0.4) is 0 Å². The molecule has 3 saturated heterocycles. The highest BCUT2D eigenvalue weighted by Crippen LogP contribution is 2.41. The van der Waals surface area contributed by atoms with E-state index in [0.29, 0.717) is 38.4 Å². The molecule has 3 amide bonds. The van der Waals surface area contributed by atoms with Gasteiger partial charge in [0, 0.05) is 39.4 Å². The number of halogens is 3. The van der Waals surface area contributed by atoms with Crippen molar-refractivity contribution in [2.24, 2.45) is 5.92 Å². The number of aryl methyl sites for hydroxylation is 1. The fraction of sp³-hybridized carbons (Fsp3) is 0.652. The lowest BCUT2D eigenvalue weighted by Crippen LogP contribution is -2.57. The number of hydrogen-bond acceptors (Lipinski definition) is 4. The van der Waals surface area contributed by atoms with E-state index in [4.69, 9.17) is 4.74 Å². The molecule has 176 valence electrons. The molecule has 0 bridgehead atoms. The summed E-state index contributed by atoms with van der Waals surface area (Å²) < 4.78 is 44.6. The van der Waals surface area contributed by atoms with E-state index in [9.17, 15) is 22.8 Å². The van der Waals surface area contributed by atoms with Gasteiger partial charge in [-0.1, -0.05) is 0 Å². The number of piperidine rings is 1. The zero-order valence-corrected chi connectivity index (χ0v) is 18.6. The summed E-state index contributed by atoms with van der Waals surface area (Å²) in [7, 11) is 0. The van der Waals surface area contributed by atoms with E-state index in [1.165, 1.54) is 13.0 Å². The third-order valence-electron chi connectivity index (χ3n) is 7.16. The van der Waals surface area contributed by atoms with E-state index in [2.05, 4.69) is 4.90 Å². The molecular weight excluding hydrogens is 423 g/mol. The van der Waals surface area contributed by atoms with Gasteiger partial charge in [0.15, 0.2) is 0 Å². The summed E-state index contributed by atoms with van der Waals surface area (Å²) in [5, 5.41) is 0. The molecular formula is C23H30F3N3O3. The van der Waals surface area contributed by atoms with Gasteiger partial charge in [0.1, 0.15) is 5.54 Å². The SMILES string of the molecule is CCN1C(=O)N(c2ccc(C(F)(F)F)cc2C)C(=O)C12CCN(CC1CCOCC1)CC2. The lowest BCUT2D eigenvalue weighted by Gasteiger charge is -2.43. The Hall–Kier alpha value is -2.13. The quantitative estimate of drug-likeness (QED) is 0.646. The number of anilines is 1. The largest absolute Gasteiger partial charge is 0.416 e. The number of likely N-dealkylation sites (N-methyl/N-ethyl adjacent to an activating group) is 1. The average molecular weight is 454 g/mol. The molecule has 9 heteroatoms. The summed E-state index contributed by atoms with van der Waals surface area (Å²) in [5.41, 5.74) is -1.23. The number of ether oxygens (including phenoxy) is 1. The Balaban J connectivity index is 1.54. The number of carbonyl (C=O) groups excluding carboxylic acids is 2. The Morgan fingerprint density at radius 3 is 2.34 bits per heavy atom. The van der Waals surface area contributed by atoms with Gasteiger partial charge in [-0.2, -0.15) is 13.2 Å². The fourth-order valence-electron chi connectivity index (χ4n) is 5.33. The lowest BCUT2D eigenvalue weighted by molar-refractivity contribution is -0.137. The molecule has 0 aromatic heterocycles. The molecule has 0 radical (unpaired) electrons. The van der Waals surface area contributed by atoms with Gasteiger partial charge in [-0.05, 0) is 69.2 Å². The van der Waals surface area contributed by atoms with Crippen molar-refractivity contribution in [2.45, 2.75) is 51.2 Å². The van der Waals surface area contributed by atoms with Crippen molar-refractivity contribution in [3.8, 4) is 0 Å². The molecule has 3 fully saturated rings. The number of imide groups is 1. The van der Waals surface area contributed by atoms with Crippen molar-refractivity contribution >= 4 is 17.6 Å². The second-order valence-electron chi connectivity index (χ2n) is 9.05.